The molecule has 2 aliphatic rings. The number of amides is 2. The lowest BCUT2D eigenvalue weighted by Crippen LogP contribution is -2.48. The van der Waals surface area contributed by atoms with Crippen molar-refractivity contribution in [2.24, 2.45) is 10.8 Å². The van der Waals surface area contributed by atoms with E-state index in [2.05, 4.69) is 0 Å². The van der Waals surface area contributed by atoms with E-state index in [1.54, 1.807) is 0 Å². The van der Waals surface area contributed by atoms with Gasteiger partial charge in [-0.2, -0.15) is 0 Å². The van der Waals surface area contributed by atoms with E-state index >= 15 is 0 Å². The molecule has 0 saturated carbocycles. The molecule has 2 N–H and O–H groups in total. The molecule has 22 heavy (non-hydrogen) atoms. The lowest BCUT2D eigenvalue weighted by atomic mass is 9.90. The summed E-state index contributed by atoms with van der Waals surface area (Å²) in [4.78, 5) is 26.5. The molecule has 0 spiro atoms. The maximum atomic E-state index is 12.6. The van der Waals surface area contributed by atoms with Crippen molar-refractivity contribution in [2.75, 3.05) is 4.90 Å². The van der Waals surface area contributed by atoms with Crippen LogP contribution in [0.1, 0.15) is 41.5 Å². The Morgan fingerprint density at radius 1 is 0.864 bits per heavy atom. The average molecular weight is 304 g/mol. The molecule has 5 nitrogen and oxygen atoms in total. The number of carbonyl (C=O) groups is 2. The van der Waals surface area contributed by atoms with Gasteiger partial charge in [-0.05, 0) is 29.3 Å². The molecule has 0 bridgehead atoms. The molecule has 0 atom stereocenters. The summed E-state index contributed by atoms with van der Waals surface area (Å²) >= 11 is 0. The van der Waals surface area contributed by atoms with Gasteiger partial charge in [0.15, 0.2) is 0 Å². The predicted molar refractivity (Wildman–Crippen MR) is 87.0 cm³/mol. The minimum absolute atomic E-state index is 0. The van der Waals surface area contributed by atoms with Crippen LogP contribution >= 0.6 is 0 Å². The van der Waals surface area contributed by atoms with Crippen molar-refractivity contribution < 1.29 is 19.6 Å². The van der Waals surface area contributed by atoms with Crippen LogP contribution in [0.4, 0.5) is 5.69 Å². The van der Waals surface area contributed by atoms with E-state index in [0.717, 1.165) is 11.1 Å². The van der Waals surface area contributed by atoms with Gasteiger partial charge in [-0.1, -0.05) is 41.5 Å². The molecule has 0 aromatic rings. The molecule has 0 unspecified atom stereocenters. The van der Waals surface area contributed by atoms with E-state index in [1.165, 1.54) is 4.90 Å². The van der Waals surface area contributed by atoms with Crippen molar-refractivity contribution in [3.8, 4) is 11.1 Å². The molecule has 119 valence electrons. The van der Waals surface area contributed by atoms with Crippen LogP contribution in [-0.2, 0) is 9.59 Å². The number of benzene rings is 1. The smallest absolute Gasteiger partial charge is 0.429 e. The first kappa shape index (κ1) is 18.4. The van der Waals surface area contributed by atoms with Gasteiger partial charge >= 0.3 is 7.69 Å². The fourth-order valence-corrected chi connectivity index (χ4v) is 1.87. The van der Waals surface area contributed by atoms with Gasteiger partial charge in [0.2, 0.25) is 11.8 Å². The number of anilines is 1. The molecule has 2 rings (SSSR count). The molecular formula is C16H23BNO4. The van der Waals surface area contributed by atoms with Crippen molar-refractivity contribution in [2.45, 2.75) is 41.5 Å². The second kappa shape index (κ2) is 6.22. The fourth-order valence-electron chi connectivity index (χ4n) is 1.87. The second-order valence-corrected chi connectivity index (χ2v) is 7.33. The van der Waals surface area contributed by atoms with Crippen molar-refractivity contribution >= 4 is 25.2 Å². The van der Waals surface area contributed by atoms with Gasteiger partial charge in [0, 0.05) is 10.8 Å². The van der Waals surface area contributed by atoms with Crippen LogP contribution in [0.25, 0.3) is 11.1 Å². The molecule has 0 aliphatic heterocycles. The Morgan fingerprint density at radius 2 is 1.18 bits per heavy atom. The predicted octanol–water partition coefficient (Wildman–Crippen LogP) is 2.12. The van der Waals surface area contributed by atoms with Gasteiger partial charge < -0.3 is 10.0 Å². The van der Waals surface area contributed by atoms with Crippen LogP contribution in [0.3, 0.4) is 0 Å². The van der Waals surface area contributed by atoms with Gasteiger partial charge in [-0.15, -0.1) is 0 Å². The molecule has 0 heterocycles. The molecule has 0 aromatic carbocycles. The topological polar surface area (TPSA) is 77.8 Å². The largest absolute Gasteiger partial charge is 0.482 e. The van der Waals surface area contributed by atoms with Crippen LogP contribution in [0.2, 0.25) is 0 Å². The second-order valence-electron chi connectivity index (χ2n) is 7.33. The van der Waals surface area contributed by atoms with Crippen molar-refractivity contribution in [3.63, 3.8) is 0 Å². The van der Waals surface area contributed by atoms with Gasteiger partial charge in [0.1, 0.15) is 0 Å². The molecule has 6 heteroatoms. The van der Waals surface area contributed by atoms with E-state index in [4.69, 9.17) is 10.0 Å². The Labute approximate surface area is 132 Å². The Balaban J connectivity index is 0.000000745. The summed E-state index contributed by atoms with van der Waals surface area (Å²) < 4.78 is 0. The number of imide groups is 1. The first-order chi connectivity index (χ1) is 9.93. The normalized spacial score (nSPS) is 12.0. The average Bonchev–Trinajstić information content (AvgIpc) is 2.95. The molecule has 0 aromatic heterocycles. The summed E-state index contributed by atoms with van der Waals surface area (Å²) in [6.45, 7) is 11.0. The zero-order valence-electron chi connectivity index (χ0n) is 14.0. The van der Waals surface area contributed by atoms with Crippen LogP contribution in [0.15, 0.2) is 18.2 Å². The highest BCUT2D eigenvalue weighted by Crippen LogP contribution is 2.42. The lowest BCUT2D eigenvalue weighted by molar-refractivity contribution is -0.134. The van der Waals surface area contributed by atoms with Crippen LogP contribution in [0.5, 0.6) is 0 Å². The Morgan fingerprint density at radius 3 is 1.45 bits per heavy atom. The van der Waals surface area contributed by atoms with Gasteiger partial charge in [-0.25, -0.2) is 4.90 Å². The van der Waals surface area contributed by atoms with Crippen molar-refractivity contribution in [1.82, 2.24) is 0 Å². The van der Waals surface area contributed by atoms with Crippen LogP contribution < -0.4 is 4.90 Å². The first-order valence-corrected chi connectivity index (χ1v) is 7.08. The first-order valence-electron chi connectivity index (χ1n) is 7.08. The molecule has 0 fully saturated rings. The maximum absolute atomic E-state index is 12.6. The van der Waals surface area contributed by atoms with Gasteiger partial charge in [0.05, 0.1) is 5.69 Å². The number of fused-ring (bicyclic) bond motifs is 1. The summed E-state index contributed by atoms with van der Waals surface area (Å²) in [5, 5.41) is 14.0. The highest BCUT2D eigenvalue weighted by Gasteiger charge is 2.38. The van der Waals surface area contributed by atoms with Crippen molar-refractivity contribution in [1.29, 1.82) is 0 Å². The monoisotopic (exact) mass is 304 g/mol. The molecule has 1 radical (unpaired) electrons. The number of hydrogen-bond acceptors (Lipinski definition) is 4. The minimum Gasteiger partial charge on any atom is -0.429 e. The summed E-state index contributed by atoms with van der Waals surface area (Å²) in [5.74, 6) is -0.310. The van der Waals surface area contributed by atoms with Crippen LogP contribution in [0, 0.1) is 10.8 Å². The van der Waals surface area contributed by atoms with E-state index in [9.17, 15) is 9.59 Å². The lowest BCUT2D eigenvalue weighted by Gasteiger charge is -2.32. The fraction of sp³-hybridized carbons (Fsp3) is 0.500. The third-order valence-electron chi connectivity index (χ3n) is 3.12. The molecule has 2 amide bonds. The summed E-state index contributed by atoms with van der Waals surface area (Å²) in [7, 11) is 0. The van der Waals surface area contributed by atoms with Gasteiger partial charge in [0.25, 0.3) is 0 Å². The SMILES string of the molecule is CC(C)(C)C(=O)N(C(=O)C(C)(C)C)c1cc2cc-2c1.O[B]O. The third-order valence-corrected chi connectivity index (χ3v) is 3.12. The minimum atomic E-state index is -0.582. The Kier molecular flexibility index (Phi) is 5.20. The maximum Gasteiger partial charge on any atom is 0.482 e. The number of nitrogens with zero attached hydrogens (tertiary/aromatic N) is 1. The summed E-state index contributed by atoms with van der Waals surface area (Å²) in [5.41, 5.74) is 1.79. The highest BCUT2D eigenvalue weighted by atomic mass is 16.4. The quantitative estimate of drug-likeness (QED) is 0.791. The van der Waals surface area contributed by atoms with Crippen molar-refractivity contribution in [3.05, 3.63) is 18.2 Å². The molecular weight excluding hydrogens is 281 g/mol. The summed E-state index contributed by atoms with van der Waals surface area (Å²) in [6.07, 6.45) is 0. The highest BCUT2D eigenvalue weighted by molar-refractivity contribution is 6.19. The number of hydrogen-bond donors (Lipinski definition) is 2. The number of carbonyl (C=O) groups excluding carboxylic acids is 2. The summed E-state index contributed by atoms with van der Waals surface area (Å²) in [6, 6.07) is 5.84. The standard InChI is InChI=1S/C16H21NO2.BH2O2/c1-15(2,3)13(18)17(14(19)16(4,5)6)12-8-10-7-11(10)9-12;2-1-3/h7-9H,1-6H3;2-3H. The zero-order valence-corrected chi connectivity index (χ0v) is 14.0. The van der Waals surface area contributed by atoms with E-state index in [0.29, 0.717) is 5.69 Å². The van der Waals surface area contributed by atoms with E-state index in [1.807, 2.05) is 59.7 Å². The third kappa shape index (κ3) is 4.18. The Bertz CT molecular complexity index is 539. The van der Waals surface area contributed by atoms with Crippen LogP contribution in [-0.4, -0.2) is 29.5 Å². The molecule has 2 aliphatic carbocycles. The van der Waals surface area contributed by atoms with E-state index < -0.39 is 10.8 Å². The van der Waals surface area contributed by atoms with Gasteiger partial charge in [-0.3, -0.25) is 9.59 Å². The molecule has 0 saturated heterocycles. The Hall–Kier alpha value is -1.66. The van der Waals surface area contributed by atoms with E-state index in [-0.39, 0.29) is 19.5 Å². The zero-order chi connectivity index (χ0) is 17.3. The number of rotatable bonds is 1.